The summed E-state index contributed by atoms with van der Waals surface area (Å²) in [7, 11) is 0. The van der Waals surface area contributed by atoms with Crippen LogP contribution in [0, 0.1) is 0 Å². The molecule has 1 aliphatic heterocycles. The number of aliphatic imine (C=N–C) groups is 2. The molecule has 2 unspecified atom stereocenters. The molecule has 55 heavy (non-hydrogen) atoms. The third kappa shape index (κ3) is 5.81. The summed E-state index contributed by atoms with van der Waals surface area (Å²) >= 11 is 0. The van der Waals surface area contributed by atoms with Crippen molar-refractivity contribution in [3.63, 3.8) is 0 Å². The van der Waals surface area contributed by atoms with Crippen molar-refractivity contribution in [3.8, 4) is 0 Å². The van der Waals surface area contributed by atoms with Crippen LogP contribution < -0.4 is 10.2 Å². The molecule has 1 aromatic heterocycles. The van der Waals surface area contributed by atoms with Crippen molar-refractivity contribution in [1.29, 1.82) is 0 Å². The standard InChI is InChI=1S/C50H38N4O/c1-50(37-21-10-4-11-22-37)52-48(36-19-8-3-9-20-36)51-49(53-50)42-33-43-46-44(27-16-28-45(46)55-47(43)41-26-15-14-25-40(41)42)54(38-23-12-5-13-24-38)39-31-29-35(30-32-39)34-17-6-2-7-18-34/h2-31,33,39H,32H2,1H3,(H,51,52,53). The van der Waals surface area contributed by atoms with Crippen LogP contribution in [-0.2, 0) is 5.66 Å². The molecular weight excluding hydrogens is 673 g/mol. The Morgan fingerprint density at radius 3 is 1.98 bits per heavy atom. The van der Waals surface area contributed by atoms with Crippen molar-refractivity contribution < 1.29 is 4.42 Å². The monoisotopic (exact) mass is 710 g/mol. The number of para-hydroxylation sites is 1. The molecule has 8 aromatic rings. The molecule has 1 N–H and O–H groups in total. The first-order valence-corrected chi connectivity index (χ1v) is 18.9. The molecule has 0 bridgehead atoms. The van der Waals surface area contributed by atoms with E-state index in [2.05, 4.69) is 169 Å². The predicted molar refractivity (Wildman–Crippen MR) is 228 cm³/mol. The van der Waals surface area contributed by atoms with E-state index in [9.17, 15) is 0 Å². The smallest absolute Gasteiger partial charge is 0.177 e. The summed E-state index contributed by atoms with van der Waals surface area (Å²) in [5, 5.41) is 7.88. The Bertz CT molecular complexity index is 2820. The number of furan rings is 1. The van der Waals surface area contributed by atoms with Crippen molar-refractivity contribution in [1.82, 2.24) is 5.32 Å². The van der Waals surface area contributed by atoms with Gasteiger partial charge in [0.1, 0.15) is 22.8 Å². The minimum absolute atomic E-state index is 0.0888. The normalized spacial score (nSPS) is 18.1. The molecule has 5 heteroatoms. The van der Waals surface area contributed by atoms with Crippen LogP contribution in [-0.4, -0.2) is 17.7 Å². The van der Waals surface area contributed by atoms with Gasteiger partial charge in [0, 0.05) is 33.2 Å². The van der Waals surface area contributed by atoms with Crippen LogP contribution in [0.15, 0.2) is 202 Å². The van der Waals surface area contributed by atoms with Crippen molar-refractivity contribution in [2.45, 2.75) is 25.0 Å². The number of amidine groups is 2. The van der Waals surface area contributed by atoms with Crippen LogP contribution in [0.5, 0.6) is 0 Å². The fourth-order valence-electron chi connectivity index (χ4n) is 8.14. The van der Waals surface area contributed by atoms with Crippen LogP contribution in [0.1, 0.15) is 35.6 Å². The number of rotatable bonds is 7. The van der Waals surface area contributed by atoms with Crippen molar-refractivity contribution in [2.24, 2.45) is 9.98 Å². The second-order valence-corrected chi connectivity index (χ2v) is 14.3. The number of hydrogen-bond donors (Lipinski definition) is 1. The predicted octanol–water partition coefficient (Wildman–Crippen LogP) is 12.0. The topological polar surface area (TPSA) is 53.1 Å². The van der Waals surface area contributed by atoms with Crippen LogP contribution in [0.3, 0.4) is 0 Å². The van der Waals surface area contributed by atoms with Crippen LogP contribution >= 0.6 is 0 Å². The molecule has 2 atom stereocenters. The molecule has 0 saturated heterocycles. The summed E-state index contributed by atoms with van der Waals surface area (Å²) < 4.78 is 6.86. The van der Waals surface area contributed by atoms with E-state index in [1.807, 2.05) is 36.4 Å². The van der Waals surface area contributed by atoms with Gasteiger partial charge in [-0.25, -0.2) is 9.98 Å². The quantitative estimate of drug-likeness (QED) is 0.179. The van der Waals surface area contributed by atoms with Gasteiger partial charge in [0.15, 0.2) is 5.66 Å². The molecular formula is C50H38N4O. The molecule has 0 amide bonds. The van der Waals surface area contributed by atoms with Gasteiger partial charge in [-0.3, -0.25) is 0 Å². The van der Waals surface area contributed by atoms with E-state index in [4.69, 9.17) is 14.4 Å². The van der Waals surface area contributed by atoms with E-state index in [0.717, 1.165) is 78.9 Å². The summed E-state index contributed by atoms with van der Waals surface area (Å²) in [5.41, 5.74) is 8.56. The summed E-state index contributed by atoms with van der Waals surface area (Å²) in [6, 6.07) is 59.2. The lowest BCUT2D eigenvalue weighted by molar-refractivity contribution is 0.518. The molecule has 0 fully saturated rings. The molecule has 2 aliphatic rings. The average molecular weight is 711 g/mol. The maximum absolute atomic E-state index is 6.86. The van der Waals surface area contributed by atoms with Crippen molar-refractivity contribution in [3.05, 3.63) is 210 Å². The van der Waals surface area contributed by atoms with Gasteiger partial charge in [0.05, 0.1) is 17.1 Å². The van der Waals surface area contributed by atoms with E-state index in [1.165, 1.54) is 11.1 Å². The zero-order valence-corrected chi connectivity index (χ0v) is 30.4. The highest BCUT2D eigenvalue weighted by atomic mass is 16.3. The maximum Gasteiger partial charge on any atom is 0.177 e. The van der Waals surface area contributed by atoms with Crippen LogP contribution in [0.4, 0.5) is 11.4 Å². The van der Waals surface area contributed by atoms with E-state index in [-0.39, 0.29) is 6.04 Å². The summed E-state index contributed by atoms with van der Waals surface area (Å²) in [6.07, 6.45) is 7.82. The average Bonchev–Trinajstić information content (AvgIpc) is 3.65. The SMILES string of the molecule is CC1(c2ccccc2)N=C(c2ccccc2)NC(c2cc3c(oc4cccc(N(c5ccccc5)C5C=CC(c6ccccc6)=CC5)c43)c3ccccc23)=N1. The van der Waals surface area contributed by atoms with E-state index in [0.29, 0.717) is 0 Å². The first kappa shape index (κ1) is 32.7. The highest BCUT2D eigenvalue weighted by Crippen LogP contribution is 2.44. The second-order valence-electron chi connectivity index (χ2n) is 14.3. The molecule has 1 aliphatic carbocycles. The van der Waals surface area contributed by atoms with Crippen molar-refractivity contribution >= 4 is 61.3 Å². The van der Waals surface area contributed by atoms with Gasteiger partial charge in [-0.05, 0) is 60.2 Å². The number of fused-ring (bicyclic) bond motifs is 5. The number of anilines is 2. The zero-order chi connectivity index (χ0) is 36.8. The molecule has 0 spiro atoms. The molecule has 0 saturated carbocycles. The first-order valence-electron chi connectivity index (χ1n) is 18.9. The summed E-state index contributed by atoms with van der Waals surface area (Å²) in [5.74, 6) is 1.54. The lowest BCUT2D eigenvalue weighted by Gasteiger charge is -2.33. The first-order chi connectivity index (χ1) is 27.1. The number of hydrogen-bond acceptors (Lipinski definition) is 5. The highest BCUT2D eigenvalue weighted by molar-refractivity contribution is 6.27. The Balaban J connectivity index is 1.17. The Morgan fingerprint density at radius 1 is 0.636 bits per heavy atom. The van der Waals surface area contributed by atoms with Gasteiger partial charge >= 0.3 is 0 Å². The number of nitrogens with zero attached hydrogens (tertiary/aromatic N) is 3. The molecule has 0 radical (unpaired) electrons. The lowest BCUT2D eigenvalue weighted by atomic mass is 9.94. The van der Waals surface area contributed by atoms with E-state index in [1.54, 1.807) is 0 Å². The van der Waals surface area contributed by atoms with Gasteiger partial charge in [-0.1, -0.05) is 158 Å². The lowest BCUT2D eigenvalue weighted by Crippen LogP contribution is -2.40. The molecule has 7 aromatic carbocycles. The van der Waals surface area contributed by atoms with E-state index < -0.39 is 5.66 Å². The number of benzene rings is 7. The molecule has 2 heterocycles. The fraction of sp³-hybridized carbons (Fsp3) is 0.0800. The van der Waals surface area contributed by atoms with Crippen LogP contribution in [0.2, 0.25) is 0 Å². The Labute approximate surface area is 320 Å². The van der Waals surface area contributed by atoms with Gasteiger partial charge in [-0.2, -0.15) is 0 Å². The fourth-order valence-corrected chi connectivity index (χ4v) is 8.14. The second kappa shape index (κ2) is 13.5. The van der Waals surface area contributed by atoms with E-state index >= 15 is 0 Å². The Kier molecular flexibility index (Phi) is 7.99. The van der Waals surface area contributed by atoms with Crippen molar-refractivity contribution in [2.75, 3.05) is 4.90 Å². The minimum atomic E-state index is -0.851. The highest BCUT2D eigenvalue weighted by Gasteiger charge is 2.33. The summed E-state index contributed by atoms with van der Waals surface area (Å²) in [4.78, 5) is 13.1. The van der Waals surface area contributed by atoms with Crippen LogP contribution in [0.25, 0.3) is 38.3 Å². The molecule has 264 valence electrons. The van der Waals surface area contributed by atoms with Gasteiger partial charge in [0.2, 0.25) is 0 Å². The Morgan fingerprint density at radius 2 is 1.27 bits per heavy atom. The largest absolute Gasteiger partial charge is 0.455 e. The molecule has 5 nitrogen and oxygen atoms in total. The number of allylic oxidation sites excluding steroid dienone is 2. The zero-order valence-electron chi connectivity index (χ0n) is 30.4. The molecule has 10 rings (SSSR count). The van der Waals surface area contributed by atoms with Gasteiger partial charge in [0.25, 0.3) is 0 Å². The Hall–Kier alpha value is -6.98. The maximum atomic E-state index is 6.86. The summed E-state index contributed by atoms with van der Waals surface area (Å²) in [6.45, 7) is 2.09. The minimum Gasteiger partial charge on any atom is -0.455 e. The number of nitrogens with one attached hydrogen (secondary N) is 1. The van der Waals surface area contributed by atoms with Gasteiger partial charge < -0.3 is 14.6 Å². The third-order valence-corrected chi connectivity index (χ3v) is 10.8. The van der Waals surface area contributed by atoms with Gasteiger partial charge in [-0.15, -0.1) is 0 Å². The third-order valence-electron chi connectivity index (χ3n) is 10.8.